The van der Waals surface area contributed by atoms with Crippen LogP contribution >= 0.6 is 0 Å². The second kappa shape index (κ2) is 3.22. The maximum absolute atomic E-state index is 12.5. The lowest BCUT2D eigenvalue weighted by Crippen LogP contribution is -2.43. The van der Waals surface area contributed by atoms with E-state index < -0.39 is 11.6 Å². The monoisotopic (exact) mass is 183 g/mol. The second-order valence-electron chi connectivity index (χ2n) is 3.14. The summed E-state index contributed by atoms with van der Waals surface area (Å²) in [7, 11) is 1.30. The van der Waals surface area contributed by atoms with E-state index in [0.717, 1.165) is 0 Å². The number of nitrogens with one attached hydrogen (secondary N) is 1. The van der Waals surface area contributed by atoms with Gasteiger partial charge in [-0.2, -0.15) is 13.2 Å². The van der Waals surface area contributed by atoms with Crippen LogP contribution in [0.3, 0.4) is 0 Å². The van der Waals surface area contributed by atoms with Crippen molar-refractivity contribution in [3.8, 4) is 0 Å². The van der Waals surface area contributed by atoms with Crippen molar-refractivity contribution in [3.63, 3.8) is 0 Å². The number of methoxy groups -OCH3 is 1. The Hall–Kier alpha value is -0.290. The number of hydrogen-bond acceptors (Lipinski definition) is 2. The van der Waals surface area contributed by atoms with Gasteiger partial charge in [-0.1, -0.05) is 0 Å². The van der Waals surface area contributed by atoms with Crippen LogP contribution in [0.25, 0.3) is 0 Å². The standard InChI is InChI=1S/C7H12F3NO/c1-12-5-6(7(8,9)10)2-3-11-4-6/h11H,2-5H2,1H3/t6-/m1/s1. The molecule has 1 rings (SSSR count). The highest BCUT2D eigenvalue weighted by Gasteiger charge is 2.56. The maximum atomic E-state index is 12.5. The minimum atomic E-state index is -4.16. The van der Waals surface area contributed by atoms with Gasteiger partial charge >= 0.3 is 6.18 Å². The smallest absolute Gasteiger partial charge is 0.384 e. The highest BCUT2D eigenvalue weighted by molar-refractivity contribution is 4.93. The van der Waals surface area contributed by atoms with Crippen molar-refractivity contribution in [2.45, 2.75) is 12.6 Å². The van der Waals surface area contributed by atoms with Crippen molar-refractivity contribution in [2.75, 3.05) is 26.8 Å². The summed E-state index contributed by atoms with van der Waals surface area (Å²) in [4.78, 5) is 0. The van der Waals surface area contributed by atoms with Crippen molar-refractivity contribution in [1.82, 2.24) is 5.32 Å². The van der Waals surface area contributed by atoms with E-state index in [1.165, 1.54) is 7.11 Å². The molecule has 1 atom stereocenters. The first-order chi connectivity index (χ1) is 5.52. The van der Waals surface area contributed by atoms with Gasteiger partial charge in [0.2, 0.25) is 0 Å². The van der Waals surface area contributed by atoms with Crippen LogP contribution in [-0.2, 0) is 4.74 Å². The van der Waals surface area contributed by atoms with Crippen LogP contribution in [0.1, 0.15) is 6.42 Å². The molecule has 72 valence electrons. The molecule has 0 radical (unpaired) electrons. The van der Waals surface area contributed by atoms with Crippen LogP contribution < -0.4 is 5.32 Å². The summed E-state index contributed by atoms with van der Waals surface area (Å²) in [6, 6.07) is 0. The molecule has 5 heteroatoms. The number of alkyl halides is 3. The zero-order valence-corrected chi connectivity index (χ0v) is 6.87. The van der Waals surface area contributed by atoms with Crippen LogP contribution in [0.4, 0.5) is 13.2 Å². The van der Waals surface area contributed by atoms with E-state index in [4.69, 9.17) is 0 Å². The first-order valence-corrected chi connectivity index (χ1v) is 3.78. The Morgan fingerprint density at radius 2 is 2.17 bits per heavy atom. The van der Waals surface area contributed by atoms with E-state index in [1.807, 2.05) is 0 Å². The first kappa shape index (κ1) is 9.80. The van der Waals surface area contributed by atoms with Gasteiger partial charge in [0.15, 0.2) is 0 Å². The molecule has 12 heavy (non-hydrogen) atoms. The van der Waals surface area contributed by atoms with Crippen molar-refractivity contribution in [1.29, 1.82) is 0 Å². The molecular formula is C7H12F3NO. The average Bonchev–Trinajstić information content (AvgIpc) is 2.36. The Morgan fingerprint density at radius 1 is 1.50 bits per heavy atom. The molecule has 1 aliphatic rings. The summed E-state index contributed by atoms with van der Waals surface area (Å²) in [6.45, 7) is 0.150. The zero-order valence-electron chi connectivity index (χ0n) is 6.87. The molecule has 0 aromatic heterocycles. The highest BCUT2D eigenvalue weighted by atomic mass is 19.4. The third-order valence-electron chi connectivity index (χ3n) is 2.27. The highest BCUT2D eigenvalue weighted by Crippen LogP contribution is 2.42. The van der Waals surface area contributed by atoms with Gasteiger partial charge < -0.3 is 10.1 Å². The number of ether oxygens (including phenoxy) is 1. The Morgan fingerprint density at radius 3 is 2.50 bits per heavy atom. The molecule has 0 aliphatic carbocycles. The topological polar surface area (TPSA) is 21.3 Å². The Kier molecular flexibility index (Phi) is 2.63. The minimum Gasteiger partial charge on any atom is -0.384 e. The first-order valence-electron chi connectivity index (χ1n) is 3.78. The molecule has 1 N–H and O–H groups in total. The van der Waals surface area contributed by atoms with E-state index in [1.54, 1.807) is 0 Å². The summed E-state index contributed by atoms with van der Waals surface area (Å²) in [5, 5.41) is 2.70. The fourth-order valence-corrected chi connectivity index (χ4v) is 1.47. The molecule has 0 aromatic carbocycles. The van der Waals surface area contributed by atoms with E-state index in [2.05, 4.69) is 10.1 Å². The summed E-state index contributed by atoms with van der Waals surface area (Å²) >= 11 is 0. The lowest BCUT2D eigenvalue weighted by Gasteiger charge is -2.29. The van der Waals surface area contributed by atoms with Crippen LogP contribution in [0.5, 0.6) is 0 Å². The van der Waals surface area contributed by atoms with Crippen LogP contribution in [0.2, 0.25) is 0 Å². The summed E-state index contributed by atoms with van der Waals surface area (Å²) < 4.78 is 42.0. The van der Waals surface area contributed by atoms with Gasteiger partial charge in [-0.25, -0.2) is 0 Å². The van der Waals surface area contributed by atoms with Crippen LogP contribution in [0, 0.1) is 5.41 Å². The zero-order chi connectivity index (χ0) is 9.24. The van der Waals surface area contributed by atoms with Crippen molar-refractivity contribution < 1.29 is 17.9 Å². The molecule has 0 unspecified atom stereocenters. The van der Waals surface area contributed by atoms with Gasteiger partial charge in [0.05, 0.1) is 6.61 Å². The fraction of sp³-hybridized carbons (Fsp3) is 1.00. The van der Waals surface area contributed by atoms with Gasteiger partial charge in [0.25, 0.3) is 0 Å². The third kappa shape index (κ3) is 1.56. The molecule has 0 bridgehead atoms. The fourth-order valence-electron chi connectivity index (χ4n) is 1.47. The third-order valence-corrected chi connectivity index (χ3v) is 2.27. The van der Waals surface area contributed by atoms with Gasteiger partial charge in [-0.15, -0.1) is 0 Å². The predicted molar refractivity (Wildman–Crippen MR) is 37.9 cm³/mol. The van der Waals surface area contributed by atoms with Crippen molar-refractivity contribution in [3.05, 3.63) is 0 Å². The van der Waals surface area contributed by atoms with Gasteiger partial charge in [0.1, 0.15) is 5.41 Å². The number of rotatable bonds is 2. The van der Waals surface area contributed by atoms with Crippen molar-refractivity contribution >= 4 is 0 Å². The summed E-state index contributed by atoms with van der Waals surface area (Å²) in [5.41, 5.74) is -1.65. The molecule has 0 aromatic rings. The maximum Gasteiger partial charge on any atom is 0.397 e. The minimum absolute atomic E-state index is 0.0235. The van der Waals surface area contributed by atoms with Crippen molar-refractivity contribution in [2.24, 2.45) is 5.41 Å². The van der Waals surface area contributed by atoms with Gasteiger partial charge in [-0.05, 0) is 13.0 Å². The SMILES string of the molecule is COC[C@@]1(C(F)(F)F)CCNC1. The van der Waals surface area contributed by atoms with E-state index in [0.29, 0.717) is 6.54 Å². The summed E-state index contributed by atoms with van der Waals surface area (Å²) in [6.07, 6.45) is -4.04. The molecule has 2 nitrogen and oxygen atoms in total. The van der Waals surface area contributed by atoms with Crippen LogP contribution in [0.15, 0.2) is 0 Å². The summed E-state index contributed by atoms with van der Waals surface area (Å²) in [5.74, 6) is 0. The van der Waals surface area contributed by atoms with E-state index in [-0.39, 0.29) is 19.6 Å². The number of halogens is 3. The normalized spacial score (nSPS) is 31.0. The van der Waals surface area contributed by atoms with Crippen LogP contribution in [-0.4, -0.2) is 33.0 Å². The Bertz CT molecular complexity index is 151. The van der Waals surface area contributed by atoms with E-state index >= 15 is 0 Å². The molecule has 1 fully saturated rings. The second-order valence-corrected chi connectivity index (χ2v) is 3.14. The number of hydrogen-bond donors (Lipinski definition) is 1. The Balaban J connectivity index is 2.72. The lowest BCUT2D eigenvalue weighted by atomic mass is 9.87. The van der Waals surface area contributed by atoms with Gasteiger partial charge in [0, 0.05) is 13.7 Å². The lowest BCUT2D eigenvalue weighted by molar-refractivity contribution is -0.230. The molecule has 1 saturated heterocycles. The molecule has 1 heterocycles. The van der Waals surface area contributed by atoms with Gasteiger partial charge in [-0.3, -0.25) is 0 Å². The average molecular weight is 183 g/mol. The Labute approximate surface area is 69.1 Å². The largest absolute Gasteiger partial charge is 0.397 e. The molecule has 0 amide bonds. The quantitative estimate of drug-likeness (QED) is 0.694. The molecule has 0 spiro atoms. The van der Waals surface area contributed by atoms with E-state index in [9.17, 15) is 13.2 Å². The molecular weight excluding hydrogens is 171 g/mol. The predicted octanol–water partition coefficient (Wildman–Crippen LogP) is 1.17. The molecule has 1 aliphatic heterocycles. The molecule has 0 saturated carbocycles.